The highest BCUT2D eigenvalue weighted by Gasteiger charge is 2.10. The van der Waals surface area contributed by atoms with Crippen LogP contribution in [-0.4, -0.2) is 17.4 Å². The molecule has 29 heavy (non-hydrogen) atoms. The van der Waals surface area contributed by atoms with Crippen LogP contribution in [0.25, 0.3) is 10.9 Å². The fraction of sp³-hybridized carbons (Fsp3) is 0.125. The number of rotatable bonds is 7. The summed E-state index contributed by atoms with van der Waals surface area (Å²) < 4.78 is 5.89. The molecule has 0 bridgehead atoms. The van der Waals surface area contributed by atoms with Gasteiger partial charge in [-0.25, -0.2) is 0 Å². The number of fused-ring (bicyclic) bond motifs is 1. The van der Waals surface area contributed by atoms with Crippen molar-refractivity contribution in [1.82, 2.24) is 10.3 Å². The van der Waals surface area contributed by atoms with E-state index < -0.39 is 0 Å². The van der Waals surface area contributed by atoms with Crippen LogP contribution in [0.2, 0.25) is 5.02 Å². The Balaban J connectivity index is 1.36. The maximum absolute atomic E-state index is 12.3. The topological polar surface area (TPSA) is 54.1 Å². The Morgan fingerprint density at radius 3 is 2.62 bits per heavy atom. The standard InChI is InChI=1S/C24H21ClN2O2/c25-22-9-5-4-8-21(22)24(28)26-13-12-18-15-27-23-14-19(10-11-20(18)23)29-16-17-6-2-1-3-7-17/h1-11,14-15,27H,12-13,16H2,(H,26,28). The molecular formula is C24H21ClN2O2. The second-order valence-electron chi connectivity index (χ2n) is 6.78. The molecule has 0 spiro atoms. The molecule has 0 saturated carbocycles. The molecule has 0 aliphatic carbocycles. The average Bonchev–Trinajstić information content (AvgIpc) is 3.15. The molecule has 5 heteroatoms. The van der Waals surface area contributed by atoms with Gasteiger partial charge < -0.3 is 15.0 Å². The van der Waals surface area contributed by atoms with E-state index >= 15 is 0 Å². The molecule has 2 N–H and O–H groups in total. The van der Waals surface area contributed by atoms with Crippen LogP contribution in [0.15, 0.2) is 79.0 Å². The fourth-order valence-corrected chi connectivity index (χ4v) is 3.48. The molecular weight excluding hydrogens is 384 g/mol. The minimum atomic E-state index is -0.160. The Hall–Kier alpha value is -3.24. The molecule has 0 unspecified atom stereocenters. The molecule has 1 amide bonds. The van der Waals surface area contributed by atoms with Crippen LogP contribution in [0.3, 0.4) is 0 Å². The zero-order valence-electron chi connectivity index (χ0n) is 15.8. The molecule has 0 saturated heterocycles. The summed E-state index contributed by atoms with van der Waals surface area (Å²) in [5.74, 6) is 0.661. The van der Waals surface area contributed by atoms with E-state index in [9.17, 15) is 4.79 Å². The first kappa shape index (κ1) is 19.1. The van der Waals surface area contributed by atoms with Crippen molar-refractivity contribution in [1.29, 1.82) is 0 Å². The van der Waals surface area contributed by atoms with Gasteiger partial charge in [-0.15, -0.1) is 0 Å². The summed E-state index contributed by atoms with van der Waals surface area (Å²) in [4.78, 5) is 15.6. The molecule has 0 aliphatic heterocycles. The van der Waals surface area contributed by atoms with Gasteiger partial charge >= 0.3 is 0 Å². The first-order valence-electron chi connectivity index (χ1n) is 9.50. The summed E-state index contributed by atoms with van der Waals surface area (Å²) in [7, 11) is 0. The van der Waals surface area contributed by atoms with Crippen molar-refractivity contribution < 1.29 is 9.53 Å². The van der Waals surface area contributed by atoms with Crippen molar-refractivity contribution in [2.75, 3.05) is 6.54 Å². The van der Waals surface area contributed by atoms with Crippen LogP contribution in [0.1, 0.15) is 21.5 Å². The second-order valence-corrected chi connectivity index (χ2v) is 7.19. The number of H-pyrrole nitrogens is 1. The first-order valence-corrected chi connectivity index (χ1v) is 9.88. The molecule has 0 aliphatic rings. The number of halogens is 1. The minimum absolute atomic E-state index is 0.160. The van der Waals surface area contributed by atoms with Crippen LogP contribution < -0.4 is 10.1 Å². The third kappa shape index (κ3) is 4.61. The number of amides is 1. The number of carbonyl (C=O) groups is 1. The molecule has 4 nitrogen and oxygen atoms in total. The van der Waals surface area contributed by atoms with E-state index in [1.165, 1.54) is 0 Å². The van der Waals surface area contributed by atoms with Gasteiger partial charge in [-0.05, 0) is 41.8 Å². The third-order valence-corrected chi connectivity index (χ3v) is 5.12. The van der Waals surface area contributed by atoms with Gasteiger partial charge in [0.15, 0.2) is 0 Å². The lowest BCUT2D eigenvalue weighted by molar-refractivity contribution is 0.0954. The predicted molar refractivity (Wildman–Crippen MR) is 117 cm³/mol. The van der Waals surface area contributed by atoms with E-state index in [1.807, 2.05) is 54.7 Å². The highest BCUT2D eigenvalue weighted by Crippen LogP contribution is 2.24. The summed E-state index contributed by atoms with van der Waals surface area (Å²) in [6, 6.07) is 23.2. The predicted octanol–water partition coefficient (Wildman–Crippen LogP) is 5.37. The van der Waals surface area contributed by atoms with Crippen LogP contribution in [0.4, 0.5) is 0 Å². The molecule has 1 heterocycles. The molecule has 0 atom stereocenters. The van der Waals surface area contributed by atoms with Gasteiger partial charge in [-0.3, -0.25) is 4.79 Å². The lowest BCUT2D eigenvalue weighted by Gasteiger charge is -2.07. The number of hydrogen-bond donors (Lipinski definition) is 2. The first-order chi connectivity index (χ1) is 14.2. The van der Waals surface area contributed by atoms with E-state index in [2.05, 4.69) is 16.4 Å². The normalized spacial score (nSPS) is 10.8. The number of carbonyl (C=O) groups excluding carboxylic acids is 1. The van der Waals surface area contributed by atoms with Crippen LogP contribution >= 0.6 is 11.6 Å². The molecule has 0 fully saturated rings. The van der Waals surface area contributed by atoms with Gasteiger partial charge in [0.05, 0.1) is 10.6 Å². The van der Waals surface area contributed by atoms with E-state index in [-0.39, 0.29) is 5.91 Å². The van der Waals surface area contributed by atoms with Crippen molar-refractivity contribution >= 4 is 28.4 Å². The van der Waals surface area contributed by atoms with Gasteiger partial charge in [-0.2, -0.15) is 0 Å². The Morgan fingerprint density at radius 1 is 1.00 bits per heavy atom. The van der Waals surface area contributed by atoms with Crippen molar-refractivity contribution in [3.63, 3.8) is 0 Å². The molecule has 3 aromatic carbocycles. The SMILES string of the molecule is O=C(NCCc1c[nH]c2cc(OCc3ccccc3)ccc12)c1ccccc1Cl. The van der Waals surface area contributed by atoms with Gasteiger partial charge in [-0.1, -0.05) is 54.1 Å². The number of ether oxygens (including phenoxy) is 1. The summed E-state index contributed by atoms with van der Waals surface area (Å²) in [6.45, 7) is 1.07. The summed E-state index contributed by atoms with van der Waals surface area (Å²) in [5, 5.41) is 4.52. The maximum Gasteiger partial charge on any atom is 0.252 e. The lowest BCUT2D eigenvalue weighted by atomic mass is 10.1. The number of aromatic nitrogens is 1. The maximum atomic E-state index is 12.3. The molecule has 4 rings (SSSR count). The highest BCUT2D eigenvalue weighted by atomic mass is 35.5. The Kier molecular flexibility index (Phi) is 5.82. The number of nitrogens with one attached hydrogen (secondary N) is 2. The van der Waals surface area contributed by atoms with Crippen molar-refractivity contribution in [3.8, 4) is 5.75 Å². The second kappa shape index (κ2) is 8.84. The summed E-state index contributed by atoms with van der Waals surface area (Å²) >= 11 is 6.08. The smallest absolute Gasteiger partial charge is 0.252 e. The summed E-state index contributed by atoms with van der Waals surface area (Å²) in [6.07, 6.45) is 2.70. The van der Waals surface area contributed by atoms with E-state index in [4.69, 9.17) is 16.3 Å². The molecule has 0 radical (unpaired) electrons. The van der Waals surface area contributed by atoms with Gasteiger partial charge in [0, 0.05) is 29.7 Å². The van der Waals surface area contributed by atoms with E-state index in [0.29, 0.717) is 23.7 Å². The number of aromatic amines is 1. The quantitative estimate of drug-likeness (QED) is 0.435. The molecule has 1 aromatic heterocycles. The average molecular weight is 405 g/mol. The largest absolute Gasteiger partial charge is 0.489 e. The van der Waals surface area contributed by atoms with Gasteiger partial charge in [0.25, 0.3) is 5.91 Å². The third-order valence-electron chi connectivity index (χ3n) is 4.79. The Labute approximate surface area is 174 Å². The monoisotopic (exact) mass is 404 g/mol. The Bertz CT molecular complexity index is 1120. The number of hydrogen-bond acceptors (Lipinski definition) is 2. The Morgan fingerprint density at radius 2 is 1.79 bits per heavy atom. The zero-order chi connectivity index (χ0) is 20.1. The molecule has 146 valence electrons. The van der Waals surface area contributed by atoms with Crippen LogP contribution in [0, 0.1) is 0 Å². The van der Waals surface area contributed by atoms with Crippen LogP contribution in [0.5, 0.6) is 5.75 Å². The van der Waals surface area contributed by atoms with Gasteiger partial charge in [0.2, 0.25) is 0 Å². The molecule has 4 aromatic rings. The van der Waals surface area contributed by atoms with Crippen molar-refractivity contribution in [2.45, 2.75) is 13.0 Å². The fourth-order valence-electron chi connectivity index (χ4n) is 3.25. The van der Waals surface area contributed by atoms with Crippen molar-refractivity contribution in [2.24, 2.45) is 0 Å². The zero-order valence-corrected chi connectivity index (χ0v) is 16.6. The van der Waals surface area contributed by atoms with Crippen molar-refractivity contribution in [3.05, 3.63) is 101 Å². The van der Waals surface area contributed by atoms with Crippen LogP contribution in [-0.2, 0) is 13.0 Å². The van der Waals surface area contributed by atoms with E-state index in [0.717, 1.165) is 34.2 Å². The number of benzene rings is 3. The summed E-state index contributed by atoms with van der Waals surface area (Å²) in [5.41, 5.74) is 3.79. The van der Waals surface area contributed by atoms with Gasteiger partial charge in [0.1, 0.15) is 12.4 Å². The minimum Gasteiger partial charge on any atom is -0.489 e. The highest BCUT2D eigenvalue weighted by molar-refractivity contribution is 6.33. The lowest BCUT2D eigenvalue weighted by Crippen LogP contribution is -2.25. The van der Waals surface area contributed by atoms with E-state index in [1.54, 1.807) is 18.2 Å².